The maximum atomic E-state index is 14.7. The van der Waals surface area contributed by atoms with Crippen LogP contribution in [-0.4, -0.2) is 195 Å². The number of nitriles is 1. The first kappa shape index (κ1) is 60.6. The molecule has 0 radical (unpaired) electrons. The summed E-state index contributed by atoms with van der Waals surface area (Å²) < 4.78 is 60.2. The fraction of sp³-hybridized carbons (Fsp3) is 0.811. The van der Waals surface area contributed by atoms with Crippen LogP contribution < -0.4 is 0 Å². The second kappa shape index (κ2) is 25.7. The molecule has 0 bridgehead atoms. The number of methoxy groups -OCH3 is 2. The average Bonchev–Trinajstić information content (AvgIpc) is 3.82. The summed E-state index contributed by atoms with van der Waals surface area (Å²) >= 11 is 0. The molecule has 3 fully saturated rings. The summed E-state index contributed by atoms with van der Waals surface area (Å²) in [4.78, 5) is 18.4. The number of benzene rings is 1. The summed E-state index contributed by atoms with van der Waals surface area (Å²) in [6.45, 7) is 17.4. The molecule has 1 aromatic carbocycles. The van der Waals surface area contributed by atoms with Gasteiger partial charge in [0.2, 0.25) is 0 Å². The standard InChI is InChI=1S/C53H87FN6O13/c1-15-41-53(10,66)46(62)34(6)59(12)28-30(2)25-51(8,65)48(32(4)44(33(5)49(64)71-41)72-42-26-52(9,68-14)47(63)35(7)70-42)73-50-43(61)39(24-31(3)69-50)58(11)23-21-38-29-60(57-56-38)40(27-54)45(67-13)37-18-16-36(17-19-37)20-22-55/h16-19,29-35,39-48,50,61-63,65-66H,15,20-21,23-28H2,1-14H3/t30-,31-,32+,33-,34-,35+,39+,40-,41-,42+,43-,44+,45-,46-,47+,48-,50+,51-,52-,53-/m1/s1. The molecular formula is C53H87FN6O13. The van der Waals surface area contributed by atoms with E-state index in [-0.39, 0.29) is 31.6 Å². The maximum absolute atomic E-state index is 14.7. The van der Waals surface area contributed by atoms with Crippen molar-refractivity contribution in [2.45, 2.75) is 210 Å². The van der Waals surface area contributed by atoms with Gasteiger partial charge in [-0.2, -0.15) is 5.26 Å². The van der Waals surface area contributed by atoms with E-state index in [1.54, 1.807) is 54.7 Å². The zero-order chi connectivity index (χ0) is 54.3. The Morgan fingerprint density at radius 2 is 1.67 bits per heavy atom. The number of aromatic nitrogens is 3. The first-order valence-electron chi connectivity index (χ1n) is 26.0. The molecule has 19 nitrogen and oxygen atoms in total. The Balaban J connectivity index is 1.44. The number of rotatable bonds is 16. The normalized spacial score (nSPS) is 39.5. The van der Waals surface area contributed by atoms with Gasteiger partial charge in [-0.1, -0.05) is 50.3 Å². The van der Waals surface area contributed by atoms with Crippen LogP contribution in [0.4, 0.5) is 4.39 Å². The lowest BCUT2D eigenvalue weighted by molar-refractivity contribution is -0.318. The van der Waals surface area contributed by atoms with Crippen molar-refractivity contribution in [3.8, 4) is 6.07 Å². The van der Waals surface area contributed by atoms with Crippen LogP contribution in [0.3, 0.4) is 0 Å². The van der Waals surface area contributed by atoms with E-state index in [1.807, 2.05) is 62.0 Å². The SMILES string of the molecule is CC[C@H]1OC(=O)[C@H](C)[C@@H](O[C@H]2C[C@@](C)(OC)[C@@H](O)[C@H](C)O2)[C@H](C)[C@@H](O[C@@H]2O[C@H](C)C[C@H](N(C)CCc3cn([C@H](CF)[C@H](OC)c4ccc(CC#N)cc4)nn3)[C@H]2O)[C@](C)(O)C[C@@H](C)CN(C)[C@H](C)[C@@H](O)[C@]1(C)O. The molecule has 2 aromatic rings. The van der Waals surface area contributed by atoms with Crippen LogP contribution in [0.15, 0.2) is 30.5 Å². The summed E-state index contributed by atoms with van der Waals surface area (Å²) in [5.41, 5.74) is -2.43. The molecule has 0 saturated carbocycles. The predicted molar refractivity (Wildman–Crippen MR) is 267 cm³/mol. The largest absolute Gasteiger partial charge is 0.459 e. The monoisotopic (exact) mass is 1030 g/mol. The highest BCUT2D eigenvalue weighted by Crippen LogP contribution is 2.41. The van der Waals surface area contributed by atoms with Gasteiger partial charge in [-0.25, -0.2) is 9.07 Å². The lowest BCUT2D eigenvalue weighted by Gasteiger charge is -2.49. The van der Waals surface area contributed by atoms with Crippen molar-refractivity contribution in [1.82, 2.24) is 24.8 Å². The number of likely N-dealkylation sites (N-methyl/N-ethyl adjacent to an activating group) is 2. The summed E-state index contributed by atoms with van der Waals surface area (Å²) in [6.07, 6.45) is -7.83. The first-order valence-corrected chi connectivity index (χ1v) is 26.0. The van der Waals surface area contributed by atoms with Crippen LogP contribution in [0.2, 0.25) is 0 Å². The minimum Gasteiger partial charge on any atom is -0.459 e. The predicted octanol–water partition coefficient (Wildman–Crippen LogP) is 4.07. The quantitative estimate of drug-likeness (QED) is 0.149. The van der Waals surface area contributed by atoms with Crippen molar-refractivity contribution >= 4 is 5.97 Å². The third-order valence-corrected chi connectivity index (χ3v) is 16.1. The maximum Gasteiger partial charge on any atom is 0.311 e. The van der Waals surface area contributed by atoms with E-state index in [1.165, 1.54) is 25.8 Å². The average molecular weight is 1040 g/mol. The zero-order valence-electron chi connectivity index (χ0n) is 45.6. The molecule has 0 spiro atoms. The van der Waals surface area contributed by atoms with Gasteiger partial charge in [0.25, 0.3) is 0 Å². The number of hydrogen-bond donors (Lipinski definition) is 5. The second-order valence-electron chi connectivity index (χ2n) is 22.1. The molecule has 1 aromatic heterocycles. The molecule has 5 rings (SSSR count). The number of carbonyl (C=O) groups is 1. The number of esters is 1. The number of carbonyl (C=O) groups excluding carboxylic acids is 1. The van der Waals surface area contributed by atoms with E-state index < -0.39 is 127 Å². The van der Waals surface area contributed by atoms with Gasteiger partial charge in [0.1, 0.15) is 48.8 Å². The fourth-order valence-electron chi connectivity index (χ4n) is 11.4. The van der Waals surface area contributed by atoms with Gasteiger partial charge >= 0.3 is 5.97 Å². The molecule has 3 saturated heterocycles. The number of aliphatic hydroxyl groups is 5. The van der Waals surface area contributed by atoms with Crippen molar-refractivity contribution in [3.05, 3.63) is 47.3 Å². The molecule has 0 amide bonds. The van der Waals surface area contributed by atoms with E-state index in [2.05, 4.69) is 16.4 Å². The Hall–Kier alpha value is -3.27. The molecule has 0 unspecified atom stereocenters. The van der Waals surface area contributed by atoms with Gasteiger partial charge < -0.3 is 68.5 Å². The third-order valence-electron chi connectivity index (χ3n) is 16.1. The Morgan fingerprint density at radius 3 is 2.27 bits per heavy atom. The van der Waals surface area contributed by atoms with Crippen molar-refractivity contribution in [2.24, 2.45) is 17.8 Å². The molecule has 0 aliphatic carbocycles. The Bertz CT molecular complexity index is 2080. The number of alkyl halides is 1. The third kappa shape index (κ3) is 14.2. The van der Waals surface area contributed by atoms with Gasteiger partial charge in [-0.05, 0) is 98.9 Å². The summed E-state index contributed by atoms with van der Waals surface area (Å²) in [7, 11) is 6.70. The summed E-state index contributed by atoms with van der Waals surface area (Å²) in [5.74, 6) is -2.89. The lowest BCUT2D eigenvalue weighted by atomic mass is 9.77. The van der Waals surface area contributed by atoms with Gasteiger partial charge in [0.05, 0.1) is 59.7 Å². The van der Waals surface area contributed by atoms with Gasteiger partial charge in [-0.3, -0.25) is 4.79 Å². The summed E-state index contributed by atoms with van der Waals surface area (Å²) in [5, 5.41) is 77.5. The van der Waals surface area contributed by atoms with Crippen molar-refractivity contribution in [2.75, 3.05) is 48.1 Å². The van der Waals surface area contributed by atoms with E-state index in [0.717, 1.165) is 11.1 Å². The number of hydrogen-bond acceptors (Lipinski definition) is 18. The lowest BCUT2D eigenvalue weighted by Crippen LogP contribution is -2.61. The van der Waals surface area contributed by atoms with E-state index in [0.29, 0.717) is 31.6 Å². The van der Waals surface area contributed by atoms with Crippen LogP contribution >= 0.6 is 0 Å². The highest BCUT2D eigenvalue weighted by atomic mass is 19.1. The van der Waals surface area contributed by atoms with E-state index >= 15 is 0 Å². The smallest absolute Gasteiger partial charge is 0.311 e. The molecule has 20 heteroatoms. The molecule has 3 aliphatic rings. The Kier molecular flexibility index (Phi) is 21.3. The van der Waals surface area contributed by atoms with Gasteiger partial charge in [0.15, 0.2) is 12.6 Å². The number of halogens is 1. The highest BCUT2D eigenvalue weighted by Gasteiger charge is 2.53. The Morgan fingerprint density at radius 1 is 1.00 bits per heavy atom. The fourth-order valence-corrected chi connectivity index (χ4v) is 11.4. The second-order valence-corrected chi connectivity index (χ2v) is 22.1. The minimum atomic E-state index is -1.85. The first-order chi connectivity index (χ1) is 34.3. The van der Waals surface area contributed by atoms with Crippen LogP contribution in [0.25, 0.3) is 0 Å². The van der Waals surface area contributed by atoms with Crippen molar-refractivity contribution in [3.63, 3.8) is 0 Å². The molecule has 4 heterocycles. The molecule has 73 heavy (non-hydrogen) atoms. The molecule has 20 atom stereocenters. The highest BCUT2D eigenvalue weighted by molar-refractivity contribution is 5.73. The van der Waals surface area contributed by atoms with Gasteiger partial charge in [-0.15, -0.1) is 5.10 Å². The topological polar surface area (TPSA) is 244 Å². The van der Waals surface area contributed by atoms with E-state index in [9.17, 15) is 34.7 Å². The Labute approximate surface area is 432 Å². The van der Waals surface area contributed by atoms with Crippen molar-refractivity contribution in [1.29, 1.82) is 5.26 Å². The zero-order valence-corrected chi connectivity index (χ0v) is 45.6. The van der Waals surface area contributed by atoms with Crippen LogP contribution in [0.5, 0.6) is 0 Å². The number of aliphatic hydroxyl groups excluding tert-OH is 3. The van der Waals surface area contributed by atoms with Crippen molar-refractivity contribution < 1.29 is 67.9 Å². The molecule has 414 valence electrons. The number of ether oxygens (including phenoxy) is 7. The van der Waals surface area contributed by atoms with Crippen LogP contribution in [0.1, 0.15) is 124 Å². The number of cyclic esters (lactones) is 1. The van der Waals surface area contributed by atoms with Gasteiger partial charge in [0, 0.05) is 64.3 Å². The molecule has 3 aliphatic heterocycles. The summed E-state index contributed by atoms with van der Waals surface area (Å²) in [6, 6.07) is 7.51. The number of nitrogens with zero attached hydrogens (tertiary/aromatic N) is 6. The molecular weight excluding hydrogens is 948 g/mol. The minimum absolute atomic E-state index is 0.0808. The van der Waals surface area contributed by atoms with E-state index in [4.69, 9.17) is 38.4 Å². The molecule has 5 N–H and O–H groups in total. The van der Waals surface area contributed by atoms with Crippen LogP contribution in [0, 0.1) is 29.1 Å². The van der Waals surface area contributed by atoms with Crippen LogP contribution in [-0.2, 0) is 50.8 Å².